The summed E-state index contributed by atoms with van der Waals surface area (Å²) in [6.45, 7) is 13.7. The number of hydrogen-bond donors (Lipinski definition) is 3. The molecule has 4 amide bonds. The van der Waals surface area contributed by atoms with Gasteiger partial charge in [-0.1, -0.05) is 85.2 Å². The van der Waals surface area contributed by atoms with E-state index >= 15 is 0 Å². The van der Waals surface area contributed by atoms with Gasteiger partial charge in [-0.3, -0.25) is 23.9 Å². The minimum atomic E-state index is -3.97. The highest BCUT2D eigenvalue weighted by molar-refractivity contribution is 7.89. The fourth-order valence-corrected chi connectivity index (χ4v) is 8.32. The SMILES string of the molecule is CC[C@H](C)[C@@H]([C@H](CC(=O)N1CCC[C@H]1[C@H](OC)[C@@H](C)C(=O)NS(=O)(=O)Cc1ccccc1)OC)N(C)C(=O)[C@@H](NC(=O)[C@@H](NC)C(C)C)C(C)C. The molecule has 1 aromatic rings. The predicted molar refractivity (Wildman–Crippen MR) is 198 cm³/mol. The monoisotopic (exact) mass is 737 g/mol. The van der Waals surface area contributed by atoms with Crippen LogP contribution in [0.1, 0.15) is 79.7 Å². The van der Waals surface area contributed by atoms with Gasteiger partial charge in [-0.25, -0.2) is 8.42 Å². The molecule has 1 saturated heterocycles. The maximum atomic E-state index is 14.1. The Hall–Kier alpha value is -3.07. The van der Waals surface area contributed by atoms with Crippen LogP contribution >= 0.6 is 0 Å². The van der Waals surface area contributed by atoms with Crippen LogP contribution in [-0.2, 0) is 44.4 Å². The average Bonchev–Trinajstić information content (AvgIpc) is 3.56. The van der Waals surface area contributed by atoms with E-state index in [1.54, 1.807) is 61.2 Å². The molecule has 0 saturated carbocycles. The number of nitrogens with zero attached hydrogens (tertiary/aromatic N) is 2. The quantitative estimate of drug-likeness (QED) is 0.183. The molecule has 1 aliphatic heterocycles. The minimum Gasteiger partial charge on any atom is -0.379 e. The van der Waals surface area contributed by atoms with Crippen molar-refractivity contribution in [2.75, 3.05) is 34.9 Å². The summed E-state index contributed by atoms with van der Waals surface area (Å²) in [6.07, 6.45) is 0.501. The Morgan fingerprint density at radius 2 is 1.55 bits per heavy atom. The van der Waals surface area contributed by atoms with Gasteiger partial charge in [-0.2, -0.15) is 0 Å². The van der Waals surface area contributed by atoms with E-state index in [4.69, 9.17) is 9.47 Å². The standard InChI is InChI=1S/C37H63N5O8S/c1-12-25(6)33(41(9)37(46)32(24(4)5)39-36(45)31(38-8)23(2)3)29(49-10)21-30(43)42-20-16-19-28(42)34(50-11)26(7)35(44)40-51(47,48)22-27-17-14-13-15-18-27/h13-15,17-18,23-26,28-29,31-34,38H,12,16,19-22H2,1-11H3,(H,39,45)(H,40,44)/t25-,26+,28-,29-,31-,32-,33-,34+/m0/s1. The van der Waals surface area contributed by atoms with Crippen molar-refractivity contribution in [1.29, 1.82) is 0 Å². The van der Waals surface area contributed by atoms with E-state index in [2.05, 4.69) is 15.4 Å². The molecule has 8 atom stereocenters. The highest BCUT2D eigenvalue weighted by atomic mass is 32.2. The van der Waals surface area contributed by atoms with Crippen LogP contribution in [0.15, 0.2) is 30.3 Å². The molecule has 1 aromatic carbocycles. The van der Waals surface area contributed by atoms with Crippen LogP contribution in [0.2, 0.25) is 0 Å². The number of ether oxygens (including phenoxy) is 2. The lowest BCUT2D eigenvalue weighted by Crippen LogP contribution is -2.59. The number of amides is 4. The van der Waals surface area contributed by atoms with E-state index in [9.17, 15) is 27.6 Å². The molecular weight excluding hydrogens is 675 g/mol. The van der Waals surface area contributed by atoms with E-state index in [1.165, 1.54) is 14.2 Å². The molecule has 0 bridgehead atoms. The number of methoxy groups -OCH3 is 2. The highest BCUT2D eigenvalue weighted by Crippen LogP contribution is 2.30. The van der Waals surface area contributed by atoms with Crippen molar-refractivity contribution in [3.63, 3.8) is 0 Å². The Bertz CT molecular complexity index is 1390. The summed E-state index contributed by atoms with van der Waals surface area (Å²) < 4.78 is 39.6. The largest absolute Gasteiger partial charge is 0.379 e. The molecule has 0 aromatic heterocycles. The van der Waals surface area contributed by atoms with Gasteiger partial charge in [0, 0.05) is 27.8 Å². The number of nitrogens with one attached hydrogen (secondary N) is 3. The molecule has 51 heavy (non-hydrogen) atoms. The fourth-order valence-electron chi connectivity index (χ4n) is 7.13. The van der Waals surface area contributed by atoms with E-state index in [0.717, 1.165) is 0 Å². The Balaban J connectivity index is 2.26. The summed E-state index contributed by atoms with van der Waals surface area (Å²) in [5, 5.41) is 5.99. The maximum absolute atomic E-state index is 14.1. The molecule has 1 aliphatic rings. The van der Waals surface area contributed by atoms with Crippen molar-refractivity contribution in [2.24, 2.45) is 23.7 Å². The van der Waals surface area contributed by atoms with Gasteiger partial charge in [0.15, 0.2) is 0 Å². The number of carbonyl (C=O) groups excluding carboxylic acids is 4. The zero-order chi connectivity index (χ0) is 38.6. The first-order chi connectivity index (χ1) is 23.9. The van der Waals surface area contributed by atoms with Crippen LogP contribution in [0.4, 0.5) is 0 Å². The molecule has 290 valence electrons. The van der Waals surface area contributed by atoms with Gasteiger partial charge in [0.2, 0.25) is 33.7 Å². The third-order valence-corrected chi connectivity index (χ3v) is 11.4. The predicted octanol–water partition coefficient (Wildman–Crippen LogP) is 2.94. The van der Waals surface area contributed by atoms with Gasteiger partial charge < -0.3 is 29.9 Å². The Morgan fingerprint density at radius 1 is 0.941 bits per heavy atom. The van der Waals surface area contributed by atoms with Crippen molar-refractivity contribution >= 4 is 33.7 Å². The van der Waals surface area contributed by atoms with E-state index in [-0.39, 0.29) is 47.6 Å². The molecule has 0 unspecified atom stereocenters. The van der Waals surface area contributed by atoms with Crippen LogP contribution in [0.25, 0.3) is 0 Å². The molecule has 1 fully saturated rings. The van der Waals surface area contributed by atoms with Crippen molar-refractivity contribution in [1.82, 2.24) is 25.2 Å². The van der Waals surface area contributed by atoms with Crippen LogP contribution in [0.5, 0.6) is 0 Å². The first-order valence-electron chi connectivity index (χ1n) is 18.1. The molecule has 0 spiro atoms. The summed E-state index contributed by atoms with van der Waals surface area (Å²) >= 11 is 0. The van der Waals surface area contributed by atoms with Gasteiger partial charge in [-0.05, 0) is 43.2 Å². The number of rotatable bonds is 20. The summed E-state index contributed by atoms with van der Waals surface area (Å²) in [6, 6.07) is 6.38. The number of likely N-dealkylation sites (tertiary alicyclic amines) is 1. The molecular formula is C37H63N5O8S. The average molecular weight is 738 g/mol. The maximum Gasteiger partial charge on any atom is 0.245 e. The summed E-state index contributed by atoms with van der Waals surface area (Å²) in [7, 11) is 2.42. The normalized spacial score (nSPS) is 19.2. The molecule has 14 heteroatoms. The van der Waals surface area contributed by atoms with Gasteiger partial charge in [0.05, 0.1) is 48.4 Å². The second kappa shape index (κ2) is 20.2. The first kappa shape index (κ1) is 44.1. The summed E-state index contributed by atoms with van der Waals surface area (Å²) in [4.78, 5) is 57.9. The lowest BCUT2D eigenvalue weighted by molar-refractivity contribution is -0.147. The Morgan fingerprint density at radius 3 is 2.06 bits per heavy atom. The van der Waals surface area contributed by atoms with Crippen LogP contribution in [0, 0.1) is 23.7 Å². The van der Waals surface area contributed by atoms with Gasteiger partial charge in [0.25, 0.3) is 0 Å². The van der Waals surface area contributed by atoms with Gasteiger partial charge in [-0.15, -0.1) is 0 Å². The van der Waals surface area contributed by atoms with Crippen molar-refractivity contribution in [2.45, 2.75) is 116 Å². The van der Waals surface area contributed by atoms with Crippen LogP contribution < -0.4 is 15.4 Å². The zero-order valence-corrected chi connectivity index (χ0v) is 33.3. The molecule has 0 radical (unpaired) electrons. The minimum absolute atomic E-state index is 0.0181. The second-order valence-electron chi connectivity index (χ2n) is 14.5. The lowest BCUT2D eigenvalue weighted by atomic mass is 9.89. The number of hydrogen-bond acceptors (Lipinski definition) is 9. The second-order valence-corrected chi connectivity index (χ2v) is 16.3. The van der Waals surface area contributed by atoms with Gasteiger partial charge >= 0.3 is 0 Å². The zero-order valence-electron chi connectivity index (χ0n) is 32.5. The van der Waals surface area contributed by atoms with Crippen molar-refractivity contribution in [3.8, 4) is 0 Å². The van der Waals surface area contributed by atoms with E-state index in [0.29, 0.717) is 31.4 Å². The van der Waals surface area contributed by atoms with E-state index in [1.807, 2.05) is 41.5 Å². The summed E-state index contributed by atoms with van der Waals surface area (Å²) in [5.74, 6) is -2.89. The highest BCUT2D eigenvalue weighted by Gasteiger charge is 2.43. The third kappa shape index (κ3) is 12.0. The molecule has 1 heterocycles. The number of carbonyl (C=O) groups is 4. The number of benzene rings is 1. The molecule has 3 N–H and O–H groups in total. The first-order valence-corrected chi connectivity index (χ1v) is 19.8. The molecule has 13 nitrogen and oxygen atoms in total. The summed E-state index contributed by atoms with van der Waals surface area (Å²) in [5.41, 5.74) is 0.551. The lowest BCUT2D eigenvalue weighted by Gasteiger charge is -2.41. The Labute approximate surface area is 306 Å². The van der Waals surface area contributed by atoms with Crippen molar-refractivity contribution < 1.29 is 37.1 Å². The topological polar surface area (TPSA) is 163 Å². The van der Waals surface area contributed by atoms with Crippen LogP contribution in [0.3, 0.4) is 0 Å². The van der Waals surface area contributed by atoms with E-state index < -0.39 is 58.2 Å². The smallest absolute Gasteiger partial charge is 0.245 e. The molecule has 0 aliphatic carbocycles. The number of sulfonamides is 1. The van der Waals surface area contributed by atoms with Crippen LogP contribution in [-0.4, -0.2) is 113 Å². The van der Waals surface area contributed by atoms with Gasteiger partial charge in [0.1, 0.15) is 6.04 Å². The number of likely N-dealkylation sites (N-methyl/N-ethyl adjacent to an activating group) is 2. The Kier molecular flexibility index (Phi) is 17.5. The van der Waals surface area contributed by atoms with Crippen molar-refractivity contribution in [3.05, 3.63) is 35.9 Å². The fraction of sp³-hybridized carbons (Fsp3) is 0.730. The third-order valence-electron chi connectivity index (χ3n) is 10.2. The molecule has 2 rings (SSSR count).